The van der Waals surface area contributed by atoms with Crippen LogP contribution in [0.1, 0.15) is 25.3 Å². The smallest absolute Gasteiger partial charge is 0.387 e. The molecule has 0 aromatic heterocycles. The maximum Gasteiger partial charge on any atom is 0.387 e. The zero-order valence-corrected chi connectivity index (χ0v) is 10.1. The van der Waals surface area contributed by atoms with Crippen LogP contribution >= 0.6 is 0 Å². The molecule has 1 aromatic carbocycles. The Morgan fingerprint density at radius 2 is 2.00 bits per heavy atom. The third-order valence-corrected chi connectivity index (χ3v) is 3.19. The molecule has 0 bridgehead atoms. The molecule has 94 valence electrons. The van der Waals surface area contributed by atoms with Gasteiger partial charge in [-0.1, -0.05) is 12.1 Å². The van der Waals surface area contributed by atoms with E-state index < -0.39 is 6.61 Å². The number of alkyl halides is 2. The van der Waals surface area contributed by atoms with Gasteiger partial charge in [0.2, 0.25) is 0 Å². The van der Waals surface area contributed by atoms with Gasteiger partial charge in [0.25, 0.3) is 0 Å². The van der Waals surface area contributed by atoms with E-state index in [-0.39, 0.29) is 5.75 Å². The van der Waals surface area contributed by atoms with E-state index in [0.29, 0.717) is 12.0 Å². The Labute approximate surface area is 100 Å². The Kier molecular flexibility index (Phi) is 3.62. The molecule has 1 heterocycles. The van der Waals surface area contributed by atoms with Gasteiger partial charge in [-0.15, -0.1) is 0 Å². The lowest BCUT2D eigenvalue weighted by Gasteiger charge is -2.42. The largest absolute Gasteiger partial charge is 0.435 e. The van der Waals surface area contributed by atoms with E-state index in [1.165, 1.54) is 0 Å². The Morgan fingerprint density at radius 3 is 2.59 bits per heavy atom. The van der Waals surface area contributed by atoms with Crippen LogP contribution in [-0.4, -0.2) is 30.6 Å². The van der Waals surface area contributed by atoms with Crippen molar-refractivity contribution in [3.63, 3.8) is 0 Å². The summed E-state index contributed by atoms with van der Waals surface area (Å²) in [4.78, 5) is 2.35. The van der Waals surface area contributed by atoms with Crippen molar-refractivity contribution in [2.75, 3.05) is 13.1 Å². The van der Waals surface area contributed by atoms with E-state index in [2.05, 4.69) is 23.5 Å². The van der Waals surface area contributed by atoms with Crippen LogP contribution in [0.3, 0.4) is 0 Å². The average molecular weight is 241 g/mol. The average Bonchev–Trinajstić information content (AvgIpc) is 2.13. The first kappa shape index (κ1) is 12.3. The third-order valence-electron chi connectivity index (χ3n) is 3.19. The maximum atomic E-state index is 12.1. The molecule has 1 saturated heterocycles. The summed E-state index contributed by atoms with van der Waals surface area (Å²) in [6.45, 7) is 3.56. The van der Waals surface area contributed by atoms with Gasteiger partial charge in [0, 0.05) is 25.0 Å². The Bertz CT molecular complexity index is 375. The third kappa shape index (κ3) is 2.94. The molecule has 1 aliphatic rings. The number of hydrogen-bond acceptors (Lipinski definition) is 2. The molecule has 0 amide bonds. The fourth-order valence-corrected chi connectivity index (χ4v) is 2.09. The minimum atomic E-state index is -2.75. The summed E-state index contributed by atoms with van der Waals surface area (Å²) in [5.74, 6) is 0.694. The van der Waals surface area contributed by atoms with Crippen LogP contribution in [0.2, 0.25) is 0 Å². The summed E-state index contributed by atoms with van der Waals surface area (Å²) in [7, 11) is 0. The number of likely N-dealkylation sites (tertiary alicyclic amines) is 1. The van der Waals surface area contributed by atoms with Crippen molar-refractivity contribution in [3.8, 4) is 5.75 Å². The predicted molar refractivity (Wildman–Crippen MR) is 62.5 cm³/mol. The number of ether oxygens (including phenoxy) is 1. The Hall–Kier alpha value is -1.16. The Morgan fingerprint density at radius 1 is 1.29 bits per heavy atom. The van der Waals surface area contributed by atoms with E-state index in [0.717, 1.165) is 18.7 Å². The van der Waals surface area contributed by atoms with Gasteiger partial charge < -0.3 is 4.74 Å². The molecule has 0 N–H and O–H groups in total. The molecule has 0 spiro atoms. The van der Waals surface area contributed by atoms with Crippen molar-refractivity contribution in [1.82, 2.24) is 4.90 Å². The Balaban J connectivity index is 1.98. The van der Waals surface area contributed by atoms with Crippen molar-refractivity contribution in [2.45, 2.75) is 32.4 Å². The molecule has 4 heteroatoms. The summed E-state index contributed by atoms with van der Waals surface area (Å²) in [6, 6.07) is 7.57. The van der Waals surface area contributed by atoms with E-state index in [4.69, 9.17) is 0 Å². The van der Waals surface area contributed by atoms with Gasteiger partial charge in [-0.25, -0.2) is 0 Å². The van der Waals surface area contributed by atoms with Crippen LogP contribution in [0.4, 0.5) is 8.78 Å². The first-order chi connectivity index (χ1) is 8.06. The van der Waals surface area contributed by atoms with E-state index in [1.807, 2.05) is 6.07 Å². The highest BCUT2D eigenvalue weighted by molar-refractivity contribution is 5.32. The molecule has 0 radical (unpaired) electrons. The van der Waals surface area contributed by atoms with Crippen molar-refractivity contribution < 1.29 is 13.5 Å². The van der Waals surface area contributed by atoms with Crippen LogP contribution < -0.4 is 4.74 Å². The lowest BCUT2D eigenvalue weighted by molar-refractivity contribution is -0.0499. The summed E-state index contributed by atoms with van der Waals surface area (Å²) < 4.78 is 28.6. The van der Waals surface area contributed by atoms with Crippen LogP contribution in [0.25, 0.3) is 0 Å². The number of hydrogen-bond donors (Lipinski definition) is 0. The van der Waals surface area contributed by atoms with Crippen LogP contribution in [-0.2, 0) is 0 Å². The highest BCUT2D eigenvalue weighted by Crippen LogP contribution is 2.30. The highest BCUT2D eigenvalue weighted by Gasteiger charge is 2.29. The number of rotatable bonds is 4. The molecule has 0 saturated carbocycles. The van der Waals surface area contributed by atoms with Gasteiger partial charge in [-0.2, -0.15) is 8.78 Å². The molecule has 0 unspecified atom stereocenters. The van der Waals surface area contributed by atoms with Gasteiger partial charge in [0.05, 0.1) is 0 Å². The zero-order valence-electron chi connectivity index (χ0n) is 10.1. The molecular weight excluding hydrogens is 224 g/mol. The molecule has 1 fully saturated rings. The van der Waals surface area contributed by atoms with Gasteiger partial charge in [0.1, 0.15) is 5.75 Å². The first-order valence-corrected chi connectivity index (χ1v) is 5.85. The van der Waals surface area contributed by atoms with E-state index >= 15 is 0 Å². The molecule has 17 heavy (non-hydrogen) atoms. The van der Waals surface area contributed by atoms with Crippen molar-refractivity contribution >= 4 is 0 Å². The normalized spacial score (nSPS) is 17.5. The molecule has 1 aromatic rings. The molecule has 2 nitrogen and oxygen atoms in total. The fraction of sp³-hybridized carbons (Fsp3) is 0.538. The van der Waals surface area contributed by atoms with E-state index in [1.54, 1.807) is 18.2 Å². The molecule has 2 rings (SSSR count). The van der Waals surface area contributed by atoms with Gasteiger partial charge >= 0.3 is 6.61 Å². The van der Waals surface area contributed by atoms with Crippen molar-refractivity contribution in [2.24, 2.45) is 0 Å². The standard InChI is InChI=1S/C13H17F2NO/c1-9(2)16-7-11(8-16)10-4-3-5-12(6-10)17-13(14)15/h3-6,9,11,13H,7-8H2,1-2H3. The van der Waals surface area contributed by atoms with E-state index in [9.17, 15) is 8.78 Å². The molecule has 0 aliphatic carbocycles. The zero-order chi connectivity index (χ0) is 12.4. The minimum Gasteiger partial charge on any atom is -0.435 e. The van der Waals surface area contributed by atoms with Gasteiger partial charge in [-0.05, 0) is 31.5 Å². The van der Waals surface area contributed by atoms with Crippen molar-refractivity contribution in [1.29, 1.82) is 0 Å². The second-order valence-electron chi connectivity index (χ2n) is 4.70. The topological polar surface area (TPSA) is 12.5 Å². The first-order valence-electron chi connectivity index (χ1n) is 5.85. The predicted octanol–water partition coefficient (Wildman–Crippen LogP) is 3.10. The number of benzene rings is 1. The molecular formula is C13H17F2NO. The summed E-state index contributed by atoms with van der Waals surface area (Å²) in [6.07, 6.45) is 0. The molecule has 1 aliphatic heterocycles. The second-order valence-corrected chi connectivity index (χ2v) is 4.70. The van der Waals surface area contributed by atoms with Crippen LogP contribution in [0, 0.1) is 0 Å². The summed E-state index contributed by atoms with van der Waals surface area (Å²) in [5.41, 5.74) is 1.08. The SMILES string of the molecule is CC(C)N1CC(c2cccc(OC(F)F)c2)C1. The van der Waals surface area contributed by atoms with Crippen molar-refractivity contribution in [3.05, 3.63) is 29.8 Å². The lowest BCUT2D eigenvalue weighted by Crippen LogP contribution is -2.48. The van der Waals surface area contributed by atoms with Gasteiger partial charge in [-0.3, -0.25) is 4.90 Å². The van der Waals surface area contributed by atoms with Crippen LogP contribution in [0.15, 0.2) is 24.3 Å². The fourth-order valence-electron chi connectivity index (χ4n) is 2.09. The quantitative estimate of drug-likeness (QED) is 0.803. The van der Waals surface area contributed by atoms with Gasteiger partial charge in [0.15, 0.2) is 0 Å². The summed E-state index contributed by atoms with van der Waals surface area (Å²) >= 11 is 0. The number of halogens is 2. The summed E-state index contributed by atoms with van der Waals surface area (Å²) in [5, 5.41) is 0. The molecule has 0 atom stereocenters. The monoisotopic (exact) mass is 241 g/mol. The lowest BCUT2D eigenvalue weighted by atomic mass is 9.90. The highest BCUT2D eigenvalue weighted by atomic mass is 19.3. The minimum absolute atomic E-state index is 0.250. The second kappa shape index (κ2) is 5.00. The van der Waals surface area contributed by atoms with Crippen LogP contribution in [0.5, 0.6) is 5.75 Å². The number of nitrogens with zero attached hydrogens (tertiary/aromatic N) is 1. The maximum absolute atomic E-state index is 12.1.